The molecule has 0 bridgehead atoms. The largest absolute Gasteiger partial charge is 0.456 e. The van der Waals surface area contributed by atoms with Gasteiger partial charge in [0, 0.05) is 19.6 Å². The number of hydrogen-bond donors (Lipinski definition) is 0. The molecule has 4 atom stereocenters. The first-order valence-corrected chi connectivity index (χ1v) is 8.30. The van der Waals surface area contributed by atoms with Crippen LogP contribution in [0, 0.1) is 0 Å². The average molecular weight is 328 g/mol. The number of carbonyl (C=O) groups is 1. The van der Waals surface area contributed by atoms with E-state index in [4.69, 9.17) is 23.7 Å². The molecule has 0 aliphatic carbocycles. The Morgan fingerprint density at radius 3 is 2.83 bits per heavy atom. The average Bonchev–Trinajstić information content (AvgIpc) is 2.83. The first-order chi connectivity index (χ1) is 11.0. The van der Waals surface area contributed by atoms with Crippen LogP contribution in [-0.2, 0) is 28.5 Å². The zero-order valence-electron chi connectivity index (χ0n) is 14.4. The van der Waals surface area contributed by atoms with Gasteiger partial charge in [-0.1, -0.05) is 25.8 Å². The van der Waals surface area contributed by atoms with E-state index in [0.29, 0.717) is 6.42 Å². The number of methoxy groups -OCH3 is 1. The number of esters is 1. The lowest BCUT2D eigenvalue weighted by Gasteiger charge is -2.31. The topological polar surface area (TPSA) is 63.2 Å². The van der Waals surface area contributed by atoms with Gasteiger partial charge >= 0.3 is 5.97 Å². The SMILES string of the molecule is CCCC[C@H](OCOC)[C@H]1OC(C)(C)O[C@@H]1[C@H]1CC=CC(=O)O1. The molecule has 23 heavy (non-hydrogen) atoms. The van der Waals surface area contributed by atoms with Gasteiger partial charge in [-0.3, -0.25) is 0 Å². The molecular weight excluding hydrogens is 300 g/mol. The summed E-state index contributed by atoms with van der Waals surface area (Å²) in [6.45, 7) is 6.07. The van der Waals surface area contributed by atoms with Crippen LogP contribution in [0.5, 0.6) is 0 Å². The number of rotatable bonds is 8. The van der Waals surface area contributed by atoms with Crippen molar-refractivity contribution in [2.75, 3.05) is 13.9 Å². The summed E-state index contributed by atoms with van der Waals surface area (Å²) >= 11 is 0. The van der Waals surface area contributed by atoms with Gasteiger partial charge < -0.3 is 23.7 Å². The maximum atomic E-state index is 11.6. The molecule has 2 rings (SSSR count). The smallest absolute Gasteiger partial charge is 0.330 e. The van der Waals surface area contributed by atoms with Gasteiger partial charge in [-0.05, 0) is 20.3 Å². The molecule has 2 heterocycles. The molecule has 0 saturated carbocycles. The van der Waals surface area contributed by atoms with Gasteiger partial charge in [0.1, 0.15) is 25.1 Å². The van der Waals surface area contributed by atoms with Crippen molar-refractivity contribution in [3.63, 3.8) is 0 Å². The quantitative estimate of drug-likeness (QED) is 0.504. The van der Waals surface area contributed by atoms with Gasteiger partial charge in [0.15, 0.2) is 5.79 Å². The van der Waals surface area contributed by atoms with E-state index in [0.717, 1.165) is 19.3 Å². The van der Waals surface area contributed by atoms with E-state index in [9.17, 15) is 4.79 Å². The minimum atomic E-state index is -0.732. The fourth-order valence-corrected chi connectivity index (χ4v) is 3.03. The van der Waals surface area contributed by atoms with Crippen LogP contribution in [0.25, 0.3) is 0 Å². The Hall–Kier alpha value is -0.950. The summed E-state index contributed by atoms with van der Waals surface area (Å²) in [7, 11) is 1.60. The molecule has 6 heteroatoms. The predicted octanol–water partition coefficient (Wildman–Crippen LogP) is 2.56. The molecule has 1 fully saturated rings. The van der Waals surface area contributed by atoms with Crippen LogP contribution >= 0.6 is 0 Å². The van der Waals surface area contributed by atoms with Crippen LogP contribution in [0.1, 0.15) is 46.5 Å². The Labute approximate surface area is 138 Å². The van der Waals surface area contributed by atoms with E-state index in [1.807, 2.05) is 19.9 Å². The third-order valence-corrected chi connectivity index (χ3v) is 4.03. The van der Waals surface area contributed by atoms with E-state index in [2.05, 4.69) is 6.92 Å². The Kier molecular flexibility index (Phi) is 6.59. The first-order valence-electron chi connectivity index (χ1n) is 8.30. The number of unbranched alkanes of at least 4 members (excludes halogenated alkanes) is 1. The normalized spacial score (nSPS) is 31.1. The highest BCUT2D eigenvalue weighted by Crippen LogP contribution is 2.36. The van der Waals surface area contributed by atoms with Crippen LogP contribution in [0.2, 0.25) is 0 Å². The minimum absolute atomic E-state index is 0.161. The van der Waals surface area contributed by atoms with Gasteiger partial charge in [-0.25, -0.2) is 4.79 Å². The van der Waals surface area contributed by atoms with Gasteiger partial charge in [0.25, 0.3) is 0 Å². The van der Waals surface area contributed by atoms with Crippen molar-refractivity contribution < 1.29 is 28.5 Å². The zero-order valence-corrected chi connectivity index (χ0v) is 14.4. The number of carbonyl (C=O) groups excluding carboxylic acids is 1. The summed E-state index contributed by atoms with van der Waals surface area (Å²) in [5.41, 5.74) is 0. The van der Waals surface area contributed by atoms with Crippen molar-refractivity contribution in [3.8, 4) is 0 Å². The molecule has 0 unspecified atom stereocenters. The fourth-order valence-electron chi connectivity index (χ4n) is 3.03. The molecule has 0 radical (unpaired) electrons. The Bertz CT molecular complexity index is 411. The molecule has 0 aromatic carbocycles. The van der Waals surface area contributed by atoms with Crippen molar-refractivity contribution in [2.45, 2.75) is 76.7 Å². The molecular formula is C17H28O6. The summed E-state index contributed by atoms with van der Waals surface area (Å²) in [5.74, 6) is -1.07. The lowest BCUT2D eigenvalue weighted by molar-refractivity contribution is -0.174. The minimum Gasteiger partial charge on any atom is -0.456 e. The lowest BCUT2D eigenvalue weighted by Crippen LogP contribution is -2.45. The monoisotopic (exact) mass is 328 g/mol. The predicted molar refractivity (Wildman–Crippen MR) is 83.7 cm³/mol. The number of hydrogen-bond acceptors (Lipinski definition) is 6. The van der Waals surface area contributed by atoms with Crippen molar-refractivity contribution in [2.24, 2.45) is 0 Å². The molecule has 1 saturated heterocycles. The van der Waals surface area contributed by atoms with Crippen molar-refractivity contribution in [1.29, 1.82) is 0 Å². The summed E-state index contributed by atoms with van der Waals surface area (Å²) in [6.07, 6.45) is 5.66. The Morgan fingerprint density at radius 2 is 2.17 bits per heavy atom. The molecule has 132 valence electrons. The van der Waals surface area contributed by atoms with Crippen LogP contribution in [0.4, 0.5) is 0 Å². The zero-order chi connectivity index (χ0) is 16.9. The van der Waals surface area contributed by atoms with Gasteiger partial charge in [-0.2, -0.15) is 0 Å². The van der Waals surface area contributed by atoms with Gasteiger partial charge in [0.2, 0.25) is 0 Å². The molecule has 0 spiro atoms. The molecule has 0 aromatic rings. The van der Waals surface area contributed by atoms with Crippen LogP contribution in [-0.4, -0.2) is 50.1 Å². The van der Waals surface area contributed by atoms with E-state index >= 15 is 0 Å². The van der Waals surface area contributed by atoms with Crippen LogP contribution in [0.15, 0.2) is 12.2 Å². The molecule has 2 aliphatic rings. The maximum absolute atomic E-state index is 11.6. The van der Waals surface area contributed by atoms with Crippen LogP contribution < -0.4 is 0 Å². The van der Waals surface area contributed by atoms with E-state index < -0.39 is 5.79 Å². The second-order valence-corrected chi connectivity index (χ2v) is 6.43. The van der Waals surface area contributed by atoms with Gasteiger partial charge in [-0.15, -0.1) is 0 Å². The van der Waals surface area contributed by atoms with E-state index in [-0.39, 0.29) is 37.2 Å². The highest BCUT2D eigenvalue weighted by atomic mass is 16.8. The molecule has 0 aromatic heterocycles. The molecule has 2 aliphatic heterocycles. The molecule has 0 amide bonds. The maximum Gasteiger partial charge on any atom is 0.330 e. The fraction of sp³-hybridized carbons (Fsp3) is 0.824. The van der Waals surface area contributed by atoms with Crippen molar-refractivity contribution >= 4 is 5.97 Å². The third-order valence-electron chi connectivity index (χ3n) is 4.03. The standard InChI is InChI=1S/C17H28O6/c1-5-6-8-12(20-11-19-4)15-16(23-17(2,3)22-15)13-9-7-10-14(18)21-13/h7,10,12-13,15-16H,5-6,8-9,11H2,1-4H3/t12-,13+,15+,16+/m0/s1. The van der Waals surface area contributed by atoms with Crippen molar-refractivity contribution in [1.82, 2.24) is 0 Å². The van der Waals surface area contributed by atoms with Gasteiger partial charge in [0.05, 0.1) is 6.10 Å². The summed E-state index contributed by atoms with van der Waals surface area (Å²) in [5, 5.41) is 0. The van der Waals surface area contributed by atoms with E-state index in [1.165, 1.54) is 6.08 Å². The third kappa shape index (κ3) is 5.01. The molecule has 6 nitrogen and oxygen atoms in total. The van der Waals surface area contributed by atoms with Crippen molar-refractivity contribution in [3.05, 3.63) is 12.2 Å². The Morgan fingerprint density at radius 1 is 1.39 bits per heavy atom. The summed E-state index contributed by atoms with van der Waals surface area (Å²) in [4.78, 5) is 11.6. The second kappa shape index (κ2) is 8.24. The van der Waals surface area contributed by atoms with Crippen LogP contribution in [0.3, 0.4) is 0 Å². The summed E-state index contributed by atoms with van der Waals surface area (Å²) in [6, 6.07) is 0. The Balaban J connectivity index is 2.12. The lowest BCUT2D eigenvalue weighted by atomic mass is 9.96. The number of ether oxygens (including phenoxy) is 5. The molecule has 0 N–H and O–H groups in total. The first kappa shape index (κ1) is 18.4. The second-order valence-electron chi connectivity index (χ2n) is 6.43. The highest BCUT2D eigenvalue weighted by Gasteiger charge is 2.50. The number of cyclic esters (lactones) is 1. The summed E-state index contributed by atoms with van der Waals surface area (Å²) < 4.78 is 28.4. The van der Waals surface area contributed by atoms with E-state index in [1.54, 1.807) is 7.11 Å². The highest BCUT2D eigenvalue weighted by molar-refractivity contribution is 5.82.